The van der Waals surface area contributed by atoms with Crippen LogP contribution in [0.15, 0.2) is 65.5 Å². The van der Waals surface area contributed by atoms with Crippen LogP contribution in [0.2, 0.25) is 5.15 Å². The summed E-state index contributed by atoms with van der Waals surface area (Å²) in [5.41, 5.74) is 1.54. The highest BCUT2D eigenvalue weighted by Crippen LogP contribution is 2.26. The summed E-state index contributed by atoms with van der Waals surface area (Å²) in [5, 5.41) is 3.30. The summed E-state index contributed by atoms with van der Waals surface area (Å²) in [5.74, 6) is -0.395. The third kappa shape index (κ3) is 5.73. The minimum atomic E-state index is -0.529. The molecule has 1 N–H and O–H groups in total. The number of ether oxygens (including phenoxy) is 1. The number of anilines is 1. The first kappa shape index (κ1) is 22.6. The highest BCUT2D eigenvalue weighted by molar-refractivity contribution is 6.32. The summed E-state index contributed by atoms with van der Waals surface area (Å²) in [6, 6.07) is 18.6. The van der Waals surface area contributed by atoms with E-state index in [4.69, 9.17) is 16.3 Å². The fourth-order valence-corrected chi connectivity index (χ4v) is 3.55. The molecule has 0 fully saturated rings. The number of hydrogen-bond acceptors (Lipinski definition) is 5. The fraction of sp³-hybridized carbons (Fsp3) is 0.292. The Balaban J connectivity index is 1.95. The van der Waals surface area contributed by atoms with E-state index in [1.165, 1.54) is 4.57 Å². The first-order valence-electron chi connectivity index (χ1n) is 10.3. The van der Waals surface area contributed by atoms with Gasteiger partial charge in [0, 0.05) is 11.6 Å². The van der Waals surface area contributed by atoms with Gasteiger partial charge in [-0.3, -0.25) is 14.2 Å². The molecule has 0 aliphatic heterocycles. The number of aromatic nitrogens is 2. The van der Waals surface area contributed by atoms with E-state index in [1.54, 1.807) is 0 Å². The molecule has 0 atom stereocenters. The first-order valence-corrected chi connectivity index (χ1v) is 10.7. The van der Waals surface area contributed by atoms with Gasteiger partial charge in [0.1, 0.15) is 13.2 Å². The molecule has 0 aliphatic rings. The average molecular weight is 440 g/mol. The lowest BCUT2D eigenvalue weighted by Crippen LogP contribution is -2.32. The van der Waals surface area contributed by atoms with Gasteiger partial charge in [0.25, 0.3) is 5.56 Å². The molecule has 31 heavy (non-hydrogen) atoms. The van der Waals surface area contributed by atoms with Crippen LogP contribution in [0.5, 0.6) is 0 Å². The second-order valence-corrected chi connectivity index (χ2v) is 7.52. The monoisotopic (exact) mass is 439 g/mol. The molecule has 1 heterocycles. The molecule has 3 aromatic rings. The van der Waals surface area contributed by atoms with Crippen molar-refractivity contribution in [2.75, 3.05) is 5.32 Å². The van der Waals surface area contributed by atoms with Crippen molar-refractivity contribution in [2.45, 2.75) is 45.9 Å². The van der Waals surface area contributed by atoms with E-state index in [1.807, 2.05) is 74.5 Å². The maximum absolute atomic E-state index is 13.3. The summed E-state index contributed by atoms with van der Waals surface area (Å²) in [6.45, 7) is 3.92. The Kier molecular flexibility index (Phi) is 7.84. The minimum Gasteiger partial charge on any atom is -0.459 e. The largest absolute Gasteiger partial charge is 0.459 e. The van der Waals surface area contributed by atoms with Crippen LogP contribution in [0, 0.1) is 0 Å². The molecule has 7 heteroatoms. The van der Waals surface area contributed by atoms with Crippen LogP contribution >= 0.6 is 11.6 Å². The summed E-state index contributed by atoms with van der Waals surface area (Å²) in [4.78, 5) is 30.2. The highest BCUT2D eigenvalue weighted by Gasteiger charge is 2.20. The standard InChI is InChI=1S/C24H26ClN3O3/c1-3-19(4-2)26-23-24(30)28(15-20(29)31-16-17-11-7-5-8-12-17)21(22(25)27-23)18-13-9-6-10-14-18/h5-14,19H,3-4,15-16H2,1-2H3,(H,26,27). The maximum atomic E-state index is 13.3. The first-order chi connectivity index (χ1) is 15.0. The lowest BCUT2D eigenvalue weighted by atomic mass is 10.1. The second kappa shape index (κ2) is 10.8. The average Bonchev–Trinajstić information content (AvgIpc) is 2.80. The number of halogens is 1. The molecule has 0 radical (unpaired) electrons. The van der Waals surface area contributed by atoms with E-state index >= 15 is 0 Å². The van der Waals surface area contributed by atoms with Gasteiger partial charge >= 0.3 is 5.97 Å². The highest BCUT2D eigenvalue weighted by atomic mass is 35.5. The quantitative estimate of drug-likeness (QED) is 0.479. The topological polar surface area (TPSA) is 73.2 Å². The van der Waals surface area contributed by atoms with Crippen molar-refractivity contribution in [1.29, 1.82) is 0 Å². The Morgan fingerprint density at radius 1 is 1.06 bits per heavy atom. The third-order valence-corrected chi connectivity index (χ3v) is 5.29. The number of rotatable bonds is 9. The summed E-state index contributed by atoms with van der Waals surface area (Å²) in [7, 11) is 0. The summed E-state index contributed by atoms with van der Waals surface area (Å²) in [6.07, 6.45) is 1.66. The van der Waals surface area contributed by atoms with Crippen LogP contribution in [0.4, 0.5) is 5.82 Å². The zero-order valence-corrected chi connectivity index (χ0v) is 18.4. The van der Waals surface area contributed by atoms with Crippen LogP contribution in [0.25, 0.3) is 11.3 Å². The van der Waals surface area contributed by atoms with E-state index in [-0.39, 0.29) is 30.2 Å². The van der Waals surface area contributed by atoms with Crippen molar-refractivity contribution in [2.24, 2.45) is 0 Å². The van der Waals surface area contributed by atoms with Gasteiger partial charge < -0.3 is 10.1 Å². The van der Waals surface area contributed by atoms with Crippen LogP contribution in [-0.2, 0) is 22.7 Å². The molecule has 0 unspecified atom stereocenters. The van der Waals surface area contributed by atoms with Gasteiger partial charge in [0.2, 0.25) is 0 Å². The molecule has 0 bridgehead atoms. The maximum Gasteiger partial charge on any atom is 0.326 e. The summed E-state index contributed by atoms with van der Waals surface area (Å²) >= 11 is 6.50. The van der Waals surface area contributed by atoms with Gasteiger partial charge in [-0.15, -0.1) is 0 Å². The Labute approximate surface area is 186 Å². The van der Waals surface area contributed by atoms with Gasteiger partial charge in [-0.2, -0.15) is 0 Å². The smallest absolute Gasteiger partial charge is 0.326 e. The predicted molar refractivity (Wildman–Crippen MR) is 123 cm³/mol. The Bertz CT molecular complexity index is 1060. The number of carbonyl (C=O) groups excluding carboxylic acids is 1. The number of benzene rings is 2. The number of carbonyl (C=O) groups is 1. The number of nitrogens with one attached hydrogen (secondary N) is 1. The molecule has 0 saturated heterocycles. The zero-order valence-electron chi connectivity index (χ0n) is 17.7. The Hall–Kier alpha value is -3.12. The minimum absolute atomic E-state index is 0.0809. The molecule has 0 spiro atoms. The lowest BCUT2D eigenvalue weighted by molar-refractivity contribution is -0.145. The van der Waals surface area contributed by atoms with Crippen LogP contribution in [0.3, 0.4) is 0 Å². The summed E-state index contributed by atoms with van der Waals surface area (Å²) < 4.78 is 6.73. The van der Waals surface area contributed by atoms with Crippen molar-refractivity contribution in [3.05, 3.63) is 81.7 Å². The molecule has 162 valence electrons. The Morgan fingerprint density at radius 2 is 1.68 bits per heavy atom. The van der Waals surface area contributed by atoms with E-state index in [0.717, 1.165) is 18.4 Å². The van der Waals surface area contributed by atoms with Crippen LogP contribution in [0.1, 0.15) is 32.3 Å². The normalized spacial score (nSPS) is 10.8. The van der Waals surface area contributed by atoms with E-state index in [9.17, 15) is 9.59 Å². The number of nitrogens with zero attached hydrogens (tertiary/aromatic N) is 2. The van der Waals surface area contributed by atoms with Crippen LogP contribution < -0.4 is 10.9 Å². The fourth-order valence-electron chi connectivity index (χ4n) is 3.25. The molecule has 0 aliphatic carbocycles. The number of esters is 1. The van der Waals surface area contributed by atoms with Crippen LogP contribution in [-0.4, -0.2) is 21.6 Å². The van der Waals surface area contributed by atoms with Crippen molar-refractivity contribution in [1.82, 2.24) is 9.55 Å². The van der Waals surface area contributed by atoms with Gasteiger partial charge in [-0.25, -0.2) is 4.98 Å². The van der Waals surface area contributed by atoms with Crippen molar-refractivity contribution in [3.8, 4) is 11.3 Å². The lowest BCUT2D eigenvalue weighted by Gasteiger charge is -2.19. The van der Waals surface area contributed by atoms with Gasteiger partial charge in [0.05, 0.1) is 5.69 Å². The van der Waals surface area contributed by atoms with E-state index < -0.39 is 11.5 Å². The predicted octanol–water partition coefficient (Wildman–Crippen LogP) is 4.91. The molecule has 2 aromatic carbocycles. The van der Waals surface area contributed by atoms with E-state index in [0.29, 0.717) is 11.3 Å². The third-order valence-electron chi connectivity index (χ3n) is 5.03. The molecule has 6 nitrogen and oxygen atoms in total. The molecule has 0 saturated carbocycles. The molecular formula is C24H26ClN3O3. The second-order valence-electron chi connectivity index (χ2n) is 7.16. The van der Waals surface area contributed by atoms with Crippen molar-refractivity contribution >= 4 is 23.4 Å². The molecule has 0 amide bonds. The molecule has 1 aromatic heterocycles. The molecular weight excluding hydrogens is 414 g/mol. The Morgan fingerprint density at radius 3 is 2.29 bits per heavy atom. The molecule has 3 rings (SSSR count). The van der Waals surface area contributed by atoms with Crippen molar-refractivity contribution in [3.63, 3.8) is 0 Å². The van der Waals surface area contributed by atoms with Crippen molar-refractivity contribution < 1.29 is 9.53 Å². The SMILES string of the molecule is CCC(CC)Nc1nc(Cl)c(-c2ccccc2)n(CC(=O)OCc2ccccc2)c1=O. The van der Waals surface area contributed by atoms with Gasteiger partial charge in [0.15, 0.2) is 11.0 Å². The van der Waals surface area contributed by atoms with Gasteiger partial charge in [-0.05, 0) is 18.4 Å². The van der Waals surface area contributed by atoms with Gasteiger partial charge in [-0.1, -0.05) is 86.1 Å². The van der Waals surface area contributed by atoms with E-state index in [2.05, 4.69) is 10.3 Å². The number of hydrogen-bond donors (Lipinski definition) is 1. The zero-order chi connectivity index (χ0) is 22.2.